The molecule has 0 aliphatic heterocycles. The standard InChI is InChI=1S/C24H38O5.CH4/c1-5-20(3,4)18(25)28-24-13-17-11-21(15-24,14-22(27,12-17)16-24)19(26)29-23(6-2)9-7-8-10-23;/h17,27H,5-16H2,1-4H3;1H4. The molecule has 4 bridgehead atoms. The van der Waals surface area contributed by atoms with Crippen LogP contribution in [-0.2, 0) is 19.1 Å². The van der Waals surface area contributed by atoms with E-state index in [-0.39, 0.29) is 30.9 Å². The Morgan fingerprint density at radius 3 is 2.23 bits per heavy atom. The Kier molecular flexibility index (Phi) is 5.89. The number of hydrogen-bond donors (Lipinski definition) is 1. The highest BCUT2D eigenvalue weighted by Gasteiger charge is 2.68. The first-order valence-electron chi connectivity index (χ1n) is 11.7. The van der Waals surface area contributed by atoms with E-state index >= 15 is 0 Å². The van der Waals surface area contributed by atoms with Gasteiger partial charge in [0, 0.05) is 12.8 Å². The lowest BCUT2D eigenvalue weighted by Gasteiger charge is -2.63. The molecule has 0 radical (unpaired) electrons. The largest absolute Gasteiger partial charge is 0.459 e. The lowest BCUT2D eigenvalue weighted by molar-refractivity contribution is -0.254. The van der Waals surface area contributed by atoms with Crippen molar-refractivity contribution in [3.8, 4) is 0 Å². The second kappa shape index (κ2) is 7.50. The van der Waals surface area contributed by atoms with Crippen molar-refractivity contribution in [3.05, 3.63) is 0 Å². The predicted molar refractivity (Wildman–Crippen MR) is 116 cm³/mol. The van der Waals surface area contributed by atoms with Gasteiger partial charge >= 0.3 is 11.9 Å². The van der Waals surface area contributed by atoms with Crippen molar-refractivity contribution in [1.29, 1.82) is 0 Å². The summed E-state index contributed by atoms with van der Waals surface area (Å²) in [6.07, 6.45) is 9.24. The smallest absolute Gasteiger partial charge is 0.312 e. The fourth-order valence-corrected chi connectivity index (χ4v) is 6.97. The van der Waals surface area contributed by atoms with E-state index in [0.717, 1.165) is 44.9 Å². The summed E-state index contributed by atoms with van der Waals surface area (Å²) in [6.45, 7) is 7.89. The van der Waals surface area contributed by atoms with Crippen LogP contribution in [0.25, 0.3) is 0 Å². The normalized spacial score (nSPS) is 38.8. The molecule has 0 aromatic heterocycles. The molecule has 4 atom stereocenters. The Morgan fingerprint density at radius 1 is 1.00 bits per heavy atom. The Balaban J connectivity index is 0.00000256. The predicted octanol–water partition coefficient (Wildman–Crippen LogP) is 5.32. The van der Waals surface area contributed by atoms with Crippen molar-refractivity contribution >= 4 is 11.9 Å². The maximum Gasteiger partial charge on any atom is 0.312 e. The van der Waals surface area contributed by atoms with Crippen LogP contribution < -0.4 is 0 Å². The third kappa shape index (κ3) is 3.80. The first-order valence-corrected chi connectivity index (χ1v) is 11.7. The molecule has 0 aromatic rings. The highest BCUT2D eigenvalue weighted by atomic mass is 16.6. The van der Waals surface area contributed by atoms with E-state index in [1.807, 2.05) is 20.8 Å². The molecule has 0 saturated heterocycles. The van der Waals surface area contributed by atoms with Gasteiger partial charge in [0.25, 0.3) is 0 Å². The summed E-state index contributed by atoms with van der Waals surface area (Å²) >= 11 is 0. The van der Waals surface area contributed by atoms with E-state index in [1.165, 1.54) is 0 Å². The van der Waals surface area contributed by atoms with Crippen LogP contribution in [0.5, 0.6) is 0 Å². The molecule has 5 saturated carbocycles. The fraction of sp³-hybridized carbons (Fsp3) is 0.920. The zero-order valence-corrected chi connectivity index (χ0v) is 18.6. The zero-order chi connectivity index (χ0) is 21.1. The summed E-state index contributed by atoms with van der Waals surface area (Å²) in [5, 5.41) is 11.3. The van der Waals surface area contributed by atoms with Crippen molar-refractivity contribution in [2.24, 2.45) is 16.7 Å². The number of rotatable bonds is 6. The van der Waals surface area contributed by atoms with Crippen LogP contribution in [-0.4, -0.2) is 33.8 Å². The Morgan fingerprint density at radius 2 is 1.67 bits per heavy atom. The first-order chi connectivity index (χ1) is 13.5. The summed E-state index contributed by atoms with van der Waals surface area (Å²) < 4.78 is 12.4. The zero-order valence-electron chi connectivity index (χ0n) is 18.6. The van der Waals surface area contributed by atoms with Gasteiger partial charge in [0.2, 0.25) is 0 Å². The highest BCUT2D eigenvalue weighted by molar-refractivity contribution is 5.79. The molecule has 0 heterocycles. The van der Waals surface area contributed by atoms with Gasteiger partial charge in [-0.1, -0.05) is 21.3 Å². The Labute approximate surface area is 182 Å². The molecule has 5 heteroatoms. The quantitative estimate of drug-likeness (QED) is 0.586. The maximum atomic E-state index is 13.6. The SMILES string of the molecule is C.CCC1(OC(=O)C23CC4CC(O)(CC(OC(=O)C(C)(C)CC)(C4)C2)C3)CCCC1. The van der Waals surface area contributed by atoms with Crippen LogP contribution >= 0.6 is 0 Å². The topological polar surface area (TPSA) is 72.8 Å². The van der Waals surface area contributed by atoms with Crippen molar-refractivity contribution in [2.75, 3.05) is 0 Å². The average molecular weight is 423 g/mol. The van der Waals surface area contributed by atoms with E-state index in [9.17, 15) is 14.7 Å². The molecule has 0 amide bonds. The number of ether oxygens (including phenoxy) is 2. The van der Waals surface area contributed by atoms with E-state index in [0.29, 0.717) is 32.1 Å². The fourth-order valence-electron chi connectivity index (χ4n) is 6.97. The van der Waals surface area contributed by atoms with Crippen LogP contribution in [0.1, 0.15) is 112 Å². The Bertz CT molecular complexity index is 694. The summed E-state index contributed by atoms with van der Waals surface area (Å²) in [5.41, 5.74) is -3.27. The lowest BCUT2D eigenvalue weighted by Crippen LogP contribution is -2.67. The van der Waals surface area contributed by atoms with Crippen LogP contribution in [0, 0.1) is 16.7 Å². The third-order valence-corrected chi connectivity index (χ3v) is 8.63. The van der Waals surface area contributed by atoms with E-state index in [4.69, 9.17) is 9.47 Å². The molecular weight excluding hydrogens is 380 g/mol. The minimum Gasteiger partial charge on any atom is -0.459 e. The summed E-state index contributed by atoms with van der Waals surface area (Å²) in [5.74, 6) is -0.156. The van der Waals surface area contributed by atoms with Crippen molar-refractivity contribution in [1.82, 2.24) is 0 Å². The molecule has 5 aliphatic rings. The molecule has 4 unspecified atom stereocenters. The van der Waals surface area contributed by atoms with E-state index in [1.54, 1.807) is 0 Å². The van der Waals surface area contributed by atoms with E-state index < -0.39 is 22.0 Å². The maximum absolute atomic E-state index is 13.6. The average Bonchev–Trinajstić information content (AvgIpc) is 3.08. The Hall–Kier alpha value is -1.10. The van der Waals surface area contributed by atoms with Crippen molar-refractivity contribution < 1.29 is 24.2 Å². The second-order valence-electron chi connectivity index (χ2n) is 11.5. The van der Waals surface area contributed by atoms with Gasteiger partial charge in [-0.2, -0.15) is 0 Å². The first kappa shape index (κ1) is 23.6. The minimum absolute atomic E-state index is 0. The second-order valence-corrected chi connectivity index (χ2v) is 11.5. The third-order valence-electron chi connectivity index (χ3n) is 8.63. The van der Waals surface area contributed by atoms with Gasteiger partial charge in [0.05, 0.1) is 16.4 Å². The van der Waals surface area contributed by atoms with Gasteiger partial charge in [-0.25, -0.2) is 0 Å². The molecule has 5 nitrogen and oxygen atoms in total. The molecule has 172 valence electrons. The highest BCUT2D eigenvalue weighted by Crippen LogP contribution is 2.65. The van der Waals surface area contributed by atoms with Gasteiger partial charge in [-0.05, 0) is 84.0 Å². The van der Waals surface area contributed by atoms with E-state index in [2.05, 4.69) is 6.92 Å². The van der Waals surface area contributed by atoms with Crippen molar-refractivity contribution in [2.45, 2.75) is 129 Å². The summed E-state index contributed by atoms with van der Waals surface area (Å²) in [6, 6.07) is 0. The number of aliphatic hydroxyl groups is 1. The molecule has 5 rings (SSSR count). The molecule has 5 aliphatic carbocycles. The molecular formula is C25H42O5. The number of carbonyl (C=O) groups is 2. The van der Waals surface area contributed by atoms with Gasteiger partial charge in [-0.15, -0.1) is 0 Å². The van der Waals surface area contributed by atoms with Gasteiger partial charge in [0.1, 0.15) is 11.2 Å². The molecule has 5 fully saturated rings. The molecule has 0 spiro atoms. The monoisotopic (exact) mass is 422 g/mol. The van der Waals surface area contributed by atoms with Crippen LogP contribution in [0.2, 0.25) is 0 Å². The summed E-state index contributed by atoms with van der Waals surface area (Å²) in [7, 11) is 0. The van der Waals surface area contributed by atoms with Crippen molar-refractivity contribution in [3.63, 3.8) is 0 Å². The number of hydrogen-bond acceptors (Lipinski definition) is 5. The van der Waals surface area contributed by atoms with Gasteiger partial charge < -0.3 is 14.6 Å². The van der Waals surface area contributed by atoms with Crippen LogP contribution in [0.15, 0.2) is 0 Å². The van der Waals surface area contributed by atoms with Crippen LogP contribution in [0.4, 0.5) is 0 Å². The number of carbonyl (C=O) groups excluding carboxylic acids is 2. The van der Waals surface area contributed by atoms with Gasteiger partial charge in [0.15, 0.2) is 0 Å². The lowest BCUT2D eigenvalue weighted by atomic mass is 9.46. The molecule has 30 heavy (non-hydrogen) atoms. The molecule has 1 N–H and O–H groups in total. The summed E-state index contributed by atoms with van der Waals surface area (Å²) in [4.78, 5) is 26.5. The minimum atomic E-state index is -0.926. The van der Waals surface area contributed by atoms with Gasteiger partial charge in [-0.3, -0.25) is 9.59 Å². The van der Waals surface area contributed by atoms with Crippen LogP contribution in [0.3, 0.4) is 0 Å². The number of esters is 2. The molecule has 0 aromatic carbocycles.